The molecular formula is C24H24N2. The van der Waals surface area contributed by atoms with Crippen LogP contribution in [0.15, 0.2) is 84.0 Å². The van der Waals surface area contributed by atoms with Crippen molar-refractivity contribution in [2.75, 3.05) is 4.90 Å². The van der Waals surface area contributed by atoms with Crippen LogP contribution >= 0.6 is 0 Å². The minimum atomic E-state index is 0.337. The Labute approximate surface area is 155 Å². The van der Waals surface area contributed by atoms with Gasteiger partial charge in [0, 0.05) is 12.1 Å². The third-order valence-electron chi connectivity index (χ3n) is 5.07. The molecule has 1 fully saturated rings. The summed E-state index contributed by atoms with van der Waals surface area (Å²) in [7, 11) is 0. The molecule has 0 bridgehead atoms. The van der Waals surface area contributed by atoms with E-state index in [0.29, 0.717) is 6.04 Å². The molecule has 1 unspecified atom stereocenters. The Kier molecular flexibility index (Phi) is 4.57. The number of anilines is 1. The fraction of sp³-hybridized carbons (Fsp3) is 0.208. The normalized spacial score (nSPS) is 20.7. The molecule has 2 nitrogen and oxygen atoms in total. The van der Waals surface area contributed by atoms with Crippen molar-refractivity contribution >= 4 is 17.6 Å². The van der Waals surface area contributed by atoms with Crippen LogP contribution in [-0.2, 0) is 0 Å². The van der Waals surface area contributed by atoms with E-state index in [2.05, 4.69) is 85.2 Å². The van der Waals surface area contributed by atoms with Crippen LogP contribution in [0.2, 0.25) is 0 Å². The summed E-state index contributed by atoms with van der Waals surface area (Å²) in [5, 5.41) is 0. The highest BCUT2D eigenvalue weighted by atomic mass is 15.3. The van der Waals surface area contributed by atoms with E-state index in [4.69, 9.17) is 4.99 Å². The lowest BCUT2D eigenvalue weighted by Gasteiger charge is -2.44. The van der Waals surface area contributed by atoms with E-state index in [1.54, 1.807) is 0 Å². The highest BCUT2D eigenvalue weighted by molar-refractivity contribution is 6.05. The van der Waals surface area contributed by atoms with Crippen LogP contribution in [0.5, 0.6) is 0 Å². The van der Waals surface area contributed by atoms with E-state index >= 15 is 0 Å². The number of aryl methyl sites for hydroxylation is 1. The van der Waals surface area contributed by atoms with Crippen LogP contribution in [0, 0.1) is 6.92 Å². The number of hydrogen-bond donors (Lipinski definition) is 0. The molecule has 26 heavy (non-hydrogen) atoms. The van der Waals surface area contributed by atoms with Gasteiger partial charge in [0.05, 0.1) is 11.7 Å². The maximum Gasteiger partial charge on any atom is 0.112 e. The molecule has 1 aliphatic carbocycles. The smallest absolute Gasteiger partial charge is 0.112 e. The summed E-state index contributed by atoms with van der Waals surface area (Å²) < 4.78 is 0. The third-order valence-corrected chi connectivity index (χ3v) is 5.07. The van der Waals surface area contributed by atoms with Crippen molar-refractivity contribution < 1.29 is 0 Å². The molecule has 1 saturated heterocycles. The van der Waals surface area contributed by atoms with Crippen LogP contribution in [-0.4, -0.2) is 5.84 Å². The molecule has 1 heterocycles. The number of aliphatic imine (C=N–C) groups is 1. The van der Waals surface area contributed by atoms with Crippen molar-refractivity contribution in [1.29, 1.82) is 0 Å². The summed E-state index contributed by atoms with van der Waals surface area (Å²) in [5.74, 6) is 1.14. The monoisotopic (exact) mass is 340 g/mol. The molecule has 2 heteroatoms. The van der Waals surface area contributed by atoms with Crippen LogP contribution in [0.4, 0.5) is 5.69 Å². The first kappa shape index (κ1) is 16.6. The van der Waals surface area contributed by atoms with Crippen LogP contribution < -0.4 is 4.90 Å². The lowest BCUT2D eigenvalue weighted by Crippen LogP contribution is -2.46. The molecule has 2 aromatic carbocycles. The molecule has 1 aliphatic heterocycles. The largest absolute Gasteiger partial charge is 0.322 e. The maximum atomic E-state index is 4.93. The van der Waals surface area contributed by atoms with Gasteiger partial charge in [0.25, 0.3) is 0 Å². The van der Waals surface area contributed by atoms with Gasteiger partial charge in [-0.2, -0.15) is 0 Å². The van der Waals surface area contributed by atoms with E-state index < -0.39 is 0 Å². The van der Waals surface area contributed by atoms with Gasteiger partial charge in [-0.3, -0.25) is 0 Å². The molecule has 0 aromatic heterocycles. The molecule has 0 radical (unpaired) electrons. The predicted octanol–water partition coefficient (Wildman–Crippen LogP) is 6.22. The number of nitrogens with zero attached hydrogens (tertiary/aromatic N) is 2. The molecule has 0 N–H and O–H groups in total. The minimum absolute atomic E-state index is 0.337. The van der Waals surface area contributed by atoms with Crippen LogP contribution in [0.1, 0.15) is 42.0 Å². The Morgan fingerprint density at radius 2 is 1.81 bits per heavy atom. The van der Waals surface area contributed by atoms with Crippen LogP contribution in [0.3, 0.4) is 0 Å². The SMILES string of the molecule is C=Cc1ccc(C2CC(=NC3=CCCC=C3)N2c2ccc(C)cc2)cc1. The van der Waals surface area contributed by atoms with Gasteiger partial charge in [0.1, 0.15) is 5.84 Å². The zero-order valence-electron chi connectivity index (χ0n) is 15.2. The van der Waals surface area contributed by atoms with Crippen molar-refractivity contribution in [2.24, 2.45) is 4.99 Å². The fourth-order valence-corrected chi connectivity index (χ4v) is 3.52. The first-order valence-electron chi connectivity index (χ1n) is 9.27. The molecule has 2 aromatic rings. The number of allylic oxidation sites excluding steroid dienone is 3. The second-order valence-electron chi connectivity index (χ2n) is 6.93. The first-order valence-corrected chi connectivity index (χ1v) is 9.27. The van der Waals surface area contributed by atoms with E-state index in [1.807, 2.05) is 6.08 Å². The van der Waals surface area contributed by atoms with Crippen molar-refractivity contribution in [3.05, 3.63) is 95.7 Å². The van der Waals surface area contributed by atoms with Gasteiger partial charge < -0.3 is 4.90 Å². The molecular weight excluding hydrogens is 316 g/mol. The quantitative estimate of drug-likeness (QED) is 0.645. The zero-order chi connectivity index (χ0) is 17.9. The summed E-state index contributed by atoms with van der Waals surface area (Å²) in [6.07, 6.45) is 11.6. The molecule has 0 spiro atoms. The number of hydrogen-bond acceptors (Lipinski definition) is 1. The second kappa shape index (κ2) is 7.17. The summed E-state index contributed by atoms with van der Waals surface area (Å²) >= 11 is 0. The number of rotatable bonds is 4. The second-order valence-corrected chi connectivity index (χ2v) is 6.93. The standard InChI is InChI=1S/C24H24N2/c1-3-19-11-13-20(14-12-19)23-17-24(25-21-7-5-4-6-8-21)26(23)22-15-9-18(2)10-16-22/h3,5,7-16,23H,1,4,6,17H2,2H3. The van der Waals surface area contributed by atoms with E-state index in [0.717, 1.165) is 36.4 Å². The van der Waals surface area contributed by atoms with Crippen molar-refractivity contribution in [3.63, 3.8) is 0 Å². The molecule has 0 amide bonds. The zero-order valence-corrected chi connectivity index (χ0v) is 15.2. The van der Waals surface area contributed by atoms with E-state index in [1.165, 1.54) is 16.8 Å². The van der Waals surface area contributed by atoms with Gasteiger partial charge >= 0.3 is 0 Å². The summed E-state index contributed by atoms with van der Waals surface area (Å²) in [5.41, 5.74) is 6.05. The predicted molar refractivity (Wildman–Crippen MR) is 111 cm³/mol. The van der Waals surface area contributed by atoms with E-state index in [9.17, 15) is 0 Å². The summed E-state index contributed by atoms with van der Waals surface area (Å²) in [6, 6.07) is 17.8. The Morgan fingerprint density at radius 1 is 1.04 bits per heavy atom. The molecule has 0 saturated carbocycles. The third kappa shape index (κ3) is 3.28. The Balaban J connectivity index is 1.67. The average Bonchev–Trinajstić information content (AvgIpc) is 2.67. The Bertz CT molecular complexity index is 883. The van der Waals surface area contributed by atoms with Crippen molar-refractivity contribution in [3.8, 4) is 0 Å². The van der Waals surface area contributed by atoms with E-state index in [-0.39, 0.29) is 0 Å². The van der Waals surface area contributed by atoms with Crippen LogP contribution in [0.25, 0.3) is 6.08 Å². The number of amidine groups is 1. The maximum absolute atomic E-state index is 4.93. The lowest BCUT2D eigenvalue weighted by atomic mass is 9.91. The highest BCUT2D eigenvalue weighted by Crippen LogP contribution is 2.40. The first-order chi connectivity index (χ1) is 12.7. The topological polar surface area (TPSA) is 15.6 Å². The Hall–Kier alpha value is -2.87. The van der Waals surface area contributed by atoms with Gasteiger partial charge in [-0.1, -0.05) is 66.8 Å². The molecule has 4 rings (SSSR count). The van der Waals surface area contributed by atoms with Gasteiger partial charge in [-0.05, 0) is 49.1 Å². The molecule has 2 aliphatic rings. The Morgan fingerprint density at radius 3 is 2.46 bits per heavy atom. The van der Waals surface area contributed by atoms with Crippen molar-refractivity contribution in [1.82, 2.24) is 0 Å². The minimum Gasteiger partial charge on any atom is -0.322 e. The summed E-state index contributed by atoms with van der Waals surface area (Å²) in [4.78, 5) is 7.30. The summed E-state index contributed by atoms with van der Waals surface area (Å²) in [6.45, 7) is 5.97. The van der Waals surface area contributed by atoms with Crippen molar-refractivity contribution in [2.45, 2.75) is 32.2 Å². The van der Waals surface area contributed by atoms with Gasteiger partial charge in [-0.15, -0.1) is 0 Å². The lowest BCUT2D eigenvalue weighted by molar-refractivity contribution is 0.650. The average molecular weight is 340 g/mol. The molecule has 130 valence electrons. The van der Waals surface area contributed by atoms with Gasteiger partial charge in [-0.25, -0.2) is 4.99 Å². The molecule has 1 atom stereocenters. The van der Waals surface area contributed by atoms with Gasteiger partial charge in [0.15, 0.2) is 0 Å². The number of benzene rings is 2. The highest BCUT2D eigenvalue weighted by Gasteiger charge is 2.36. The van der Waals surface area contributed by atoms with Gasteiger partial charge in [0.2, 0.25) is 0 Å². The fourth-order valence-electron chi connectivity index (χ4n) is 3.52.